The summed E-state index contributed by atoms with van der Waals surface area (Å²) < 4.78 is 7.54. The molecule has 2 aromatic carbocycles. The number of nitrogens with zero attached hydrogens (tertiary/aromatic N) is 3. The second-order valence-electron chi connectivity index (χ2n) is 7.56. The maximum Gasteiger partial charge on any atom is 0.240 e. The number of thioether (sulfide) groups is 1. The monoisotopic (exact) mass is 458 g/mol. The van der Waals surface area contributed by atoms with Crippen molar-refractivity contribution in [3.05, 3.63) is 64.9 Å². The number of nitrogens with one attached hydrogen (secondary N) is 1. The predicted octanol–water partition coefficient (Wildman–Crippen LogP) is 3.74. The van der Waals surface area contributed by atoms with Crippen molar-refractivity contribution in [3.63, 3.8) is 0 Å². The third-order valence-electron chi connectivity index (χ3n) is 5.54. The third-order valence-corrected chi connectivity index (χ3v) is 6.34. The van der Waals surface area contributed by atoms with Crippen LogP contribution < -0.4 is 5.32 Å². The molecular weight excluding hydrogens is 432 g/mol. The van der Waals surface area contributed by atoms with E-state index in [0.717, 1.165) is 41.3 Å². The number of aromatic nitrogens is 2. The fraction of sp³-hybridized carbons (Fsp3) is 0.391. The van der Waals surface area contributed by atoms with E-state index in [-0.39, 0.29) is 18.5 Å². The van der Waals surface area contributed by atoms with E-state index < -0.39 is 0 Å². The Kier molecular flexibility index (Phi) is 7.50. The summed E-state index contributed by atoms with van der Waals surface area (Å²) in [5.74, 6) is 1.67. The van der Waals surface area contributed by atoms with Crippen molar-refractivity contribution < 1.29 is 9.53 Å². The van der Waals surface area contributed by atoms with Gasteiger partial charge in [-0.1, -0.05) is 35.9 Å². The molecule has 0 radical (unpaired) electrons. The molecular formula is C23H27ClN4O2S. The van der Waals surface area contributed by atoms with Crippen LogP contribution in [0.25, 0.3) is 11.0 Å². The van der Waals surface area contributed by atoms with E-state index in [1.807, 2.05) is 59.4 Å². The average Bonchev–Trinajstić information content (AvgIpc) is 3.13. The quantitative estimate of drug-likeness (QED) is 0.557. The molecule has 6 nitrogen and oxygen atoms in total. The van der Waals surface area contributed by atoms with Crippen LogP contribution in [-0.4, -0.2) is 59.5 Å². The van der Waals surface area contributed by atoms with Crippen LogP contribution in [0.4, 0.5) is 0 Å². The van der Waals surface area contributed by atoms with Crippen LogP contribution in [0.1, 0.15) is 17.4 Å². The van der Waals surface area contributed by atoms with E-state index in [1.54, 1.807) is 11.8 Å². The van der Waals surface area contributed by atoms with Crippen LogP contribution >= 0.6 is 23.4 Å². The molecule has 0 saturated carbocycles. The fourth-order valence-corrected chi connectivity index (χ4v) is 4.59. The first-order valence-corrected chi connectivity index (χ1v) is 12.2. The lowest BCUT2D eigenvalue weighted by molar-refractivity contribution is -0.122. The number of rotatable bonds is 8. The molecule has 1 amide bonds. The molecule has 8 heteroatoms. The molecule has 1 saturated heterocycles. The number of carbonyl (C=O) groups excluding carboxylic acids is 1. The van der Waals surface area contributed by atoms with Gasteiger partial charge >= 0.3 is 0 Å². The van der Waals surface area contributed by atoms with E-state index >= 15 is 0 Å². The first-order valence-electron chi connectivity index (χ1n) is 10.4. The molecule has 3 aromatic rings. The molecule has 1 unspecified atom stereocenters. The number of amides is 1. The minimum atomic E-state index is -0.0160. The fourth-order valence-electron chi connectivity index (χ4n) is 3.98. The molecule has 1 N–H and O–H groups in total. The summed E-state index contributed by atoms with van der Waals surface area (Å²) in [6.07, 6.45) is 2.04. The molecule has 1 aliphatic heterocycles. The Balaban J connectivity index is 1.48. The van der Waals surface area contributed by atoms with Gasteiger partial charge in [-0.05, 0) is 36.1 Å². The van der Waals surface area contributed by atoms with Crippen LogP contribution in [0.3, 0.4) is 0 Å². The van der Waals surface area contributed by atoms with Gasteiger partial charge in [0.2, 0.25) is 5.91 Å². The topological polar surface area (TPSA) is 59.4 Å². The number of hydrogen-bond acceptors (Lipinski definition) is 5. The van der Waals surface area contributed by atoms with Crippen molar-refractivity contribution in [2.45, 2.75) is 18.3 Å². The number of para-hydroxylation sites is 2. The van der Waals surface area contributed by atoms with Gasteiger partial charge in [0.05, 0.1) is 36.0 Å². The van der Waals surface area contributed by atoms with Gasteiger partial charge in [0.25, 0.3) is 0 Å². The van der Waals surface area contributed by atoms with E-state index in [4.69, 9.17) is 21.3 Å². The van der Waals surface area contributed by atoms with Gasteiger partial charge in [0, 0.05) is 24.7 Å². The van der Waals surface area contributed by atoms with Crippen LogP contribution in [0.15, 0.2) is 48.5 Å². The summed E-state index contributed by atoms with van der Waals surface area (Å²) in [7, 11) is 0. The lowest BCUT2D eigenvalue weighted by Gasteiger charge is -2.35. The molecule has 4 rings (SSSR count). The van der Waals surface area contributed by atoms with Crippen LogP contribution in [0.5, 0.6) is 0 Å². The first-order chi connectivity index (χ1) is 15.2. The smallest absolute Gasteiger partial charge is 0.240 e. The number of fused-ring (bicyclic) bond motifs is 1. The standard InChI is InChI=1S/C23H27ClN4O2S/c1-31-16-22-26-19-4-2-3-5-20(19)28(22)15-23(29)25-14-21(27-10-12-30-13-11-27)17-6-8-18(24)9-7-17/h2-9,21H,10-16H2,1H3,(H,25,29). The van der Waals surface area contributed by atoms with Gasteiger partial charge in [0.15, 0.2) is 0 Å². The summed E-state index contributed by atoms with van der Waals surface area (Å²) in [6, 6.07) is 15.9. The maximum absolute atomic E-state index is 13.0. The minimum absolute atomic E-state index is 0.0160. The largest absolute Gasteiger partial charge is 0.379 e. The molecule has 164 valence electrons. The van der Waals surface area contributed by atoms with Crippen molar-refractivity contribution in [3.8, 4) is 0 Å². The molecule has 31 heavy (non-hydrogen) atoms. The van der Waals surface area contributed by atoms with Gasteiger partial charge in [-0.15, -0.1) is 0 Å². The molecule has 0 spiro atoms. The van der Waals surface area contributed by atoms with Crippen molar-refractivity contribution in [2.75, 3.05) is 39.1 Å². The van der Waals surface area contributed by atoms with Gasteiger partial charge in [-0.25, -0.2) is 4.98 Å². The Bertz CT molecular complexity index is 1020. The van der Waals surface area contributed by atoms with Crippen LogP contribution in [0, 0.1) is 0 Å². The Morgan fingerprint density at radius 2 is 1.94 bits per heavy atom. The second-order valence-corrected chi connectivity index (χ2v) is 8.86. The number of halogens is 1. The van der Waals surface area contributed by atoms with Crippen LogP contribution in [0.2, 0.25) is 5.02 Å². The van der Waals surface area contributed by atoms with E-state index in [2.05, 4.69) is 10.2 Å². The summed E-state index contributed by atoms with van der Waals surface area (Å²) in [4.78, 5) is 20.0. The first kappa shape index (κ1) is 22.1. The number of morpholine rings is 1. The van der Waals surface area contributed by atoms with Crippen molar-refractivity contribution >= 4 is 40.3 Å². The van der Waals surface area contributed by atoms with Gasteiger partial charge in [-0.3, -0.25) is 9.69 Å². The average molecular weight is 459 g/mol. The molecule has 0 aliphatic carbocycles. The van der Waals surface area contributed by atoms with E-state index in [1.165, 1.54) is 0 Å². The summed E-state index contributed by atoms with van der Waals surface area (Å²) >= 11 is 7.79. The van der Waals surface area contributed by atoms with Crippen molar-refractivity contribution in [1.82, 2.24) is 19.8 Å². The highest BCUT2D eigenvalue weighted by Gasteiger charge is 2.23. The highest BCUT2D eigenvalue weighted by molar-refractivity contribution is 7.97. The maximum atomic E-state index is 13.0. The second kappa shape index (κ2) is 10.5. The molecule has 1 atom stereocenters. The number of benzene rings is 2. The Morgan fingerprint density at radius 1 is 1.19 bits per heavy atom. The van der Waals surface area contributed by atoms with E-state index in [9.17, 15) is 4.79 Å². The zero-order valence-corrected chi connectivity index (χ0v) is 19.2. The molecule has 2 heterocycles. The predicted molar refractivity (Wildman–Crippen MR) is 127 cm³/mol. The van der Waals surface area contributed by atoms with Gasteiger partial charge in [-0.2, -0.15) is 11.8 Å². The lowest BCUT2D eigenvalue weighted by Crippen LogP contribution is -2.44. The highest BCUT2D eigenvalue weighted by Crippen LogP contribution is 2.23. The van der Waals surface area contributed by atoms with Crippen molar-refractivity contribution in [1.29, 1.82) is 0 Å². The summed E-state index contributed by atoms with van der Waals surface area (Å²) in [5, 5.41) is 3.87. The Labute approximate surface area is 191 Å². The van der Waals surface area contributed by atoms with Crippen molar-refractivity contribution in [2.24, 2.45) is 0 Å². The normalized spacial score (nSPS) is 15.8. The molecule has 1 aromatic heterocycles. The lowest BCUT2D eigenvalue weighted by atomic mass is 10.0. The molecule has 1 aliphatic rings. The van der Waals surface area contributed by atoms with Gasteiger partial charge in [0.1, 0.15) is 12.4 Å². The molecule has 0 bridgehead atoms. The summed E-state index contributed by atoms with van der Waals surface area (Å²) in [5.41, 5.74) is 3.05. The summed E-state index contributed by atoms with van der Waals surface area (Å²) in [6.45, 7) is 3.88. The number of imidazole rings is 1. The number of hydrogen-bond donors (Lipinski definition) is 1. The van der Waals surface area contributed by atoms with E-state index in [0.29, 0.717) is 24.8 Å². The Hall–Kier alpha value is -2.06. The Morgan fingerprint density at radius 3 is 2.68 bits per heavy atom. The number of ether oxygens (including phenoxy) is 1. The van der Waals surface area contributed by atoms with Crippen LogP contribution in [-0.2, 0) is 21.8 Å². The minimum Gasteiger partial charge on any atom is -0.379 e. The third kappa shape index (κ3) is 5.41. The molecule has 1 fully saturated rings. The zero-order chi connectivity index (χ0) is 21.6. The van der Waals surface area contributed by atoms with Gasteiger partial charge < -0.3 is 14.6 Å². The highest BCUT2D eigenvalue weighted by atomic mass is 35.5. The number of carbonyl (C=O) groups is 1. The SMILES string of the molecule is CSCc1nc2ccccc2n1CC(=O)NCC(c1ccc(Cl)cc1)N1CCOCC1. The zero-order valence-electron chi connectivity index (χ0n) is 17.6.